The number of carbonyl (C=O) groups excluding carboxylic acids is 1. The fraction of sp³-hybridized carbons (Fsp3) is 0.286. The molecule has 1 heterocycles. The van der Waals surface area contributed by atoms with Crippen LogP contribution < -0.4 is 11.1 Å². The Bertz CT molecular complexity index is 539. The van der Waals surface area contributed by atoms with Crippen molar-refractivity contribution in [2.75, 3.05) is 0 Å². The van der Waals surface area contributed by atoms with Crippen molar-refractivity contribution in [3.8, 4) is 0 Å². The summed E-state index contributed by atoms with van der Waals surface area (Å²) in [6, 6.07) is 9.24. The molecule has 3 N–H and O–H groups in total. The summed E-state index contributed by atoms with van der Waals surface area (Å²) in [7, 11) is 0. The van der Waals surface area contributed by atoms with E-state index in [1.165, 1.54) is 0 Å². The maximum absolute atomic E-state index is 11.9. The zero-order valence-electron chi connectivity index (χ0n) is 10.8. The Morgan fingerprint density at radius 2 is 2.16 bits per heavy atom. The van der Waals surface area contributed by atoms with Gasteiger partial charge in [-0.1, -0.05) is 30.3 Å². The predicted octanol–water partition coefficient (Wildman–Crippen LogP) is 1.64. The summed E-state index contributed by atoms with van der Waals surface area (Å²) in [5, 5.41) is 3.72. The molecular formula is C14H17N3OS. The zero-order chi connectivity index (χ0) is 13.7. The monoisotopic (exact) mass is 275 g/mol. The lowest BCUT2D eigenvalue weighted by molar-refractivity contribution is -0.122. The number of carbonyl (C=O) groups is 1. The molecule has 1 aromatic carbocycles. The Labute approximate surface area is 116 Å². The molecule has 0 aliphatic carbocycles. The van der Waals surface area contributed by atoms with E-state index in [0.717, 1.165) is 15.4 Å². The summed E-state index contributed by atoms with van der Waals surface area (Å²) in [5.41, 5.74) is 6.95. The van der Waals surface area contributed by atoms with Crippen LogP contribution in [-0.2, 0) is 17.8 Å². The largest absolute Gasteiger partial charge is 0.348 e. The van der Waals surface area contributed by atoms with Gasteiger partial charge in [0, 0.05) is 11.1 Å². The molecule has 2 rings (SSSR count). The number of thiazole rings is 1. The normalized spacial score (nSPS) is 12.1. The first-order chi connectivity index (χ1) is 9.15. The zero-order valence-corrected chi connectivity index (χ0v) is 11.6. The van der Waals surface area contributed by atoms with Crippen LogP contribution in [0.4, 0.5) is 0 Å². The molecule has 1 amide bonds. The molecule has 0 aliphatic heterocycles. The van der Waals surface area contributed by atoms with Crippen LogP contribution in [0.1, 0.15) is 15.4 Å². The second-order valence-electron chi connectivity index (χ2n) is 4.38. The molecule has 5 heteroatoms. The number of benzene rings is 1. The Kier molecular flexibility index (Phi) is 4.65. The van der Waals surface area contributed by atoms with Crippen LogP contribution in [-0.4, -0.2) is 16.9 Å². The van der Waals surface area contributed by atoms with E-state index in [4.69, 9.17) is 5.73 Å². The SMILES string of the molecule is Cc1cnc(CNC(=O)[C@H](N)Cc2ccccc2)s1. The number of nitrogens with one attached hydrogen (secondary N) is 1. The third-order valence-corrected chi connectivity index (χ3v) is 3.63. The van der Waals surface area contributed by atoms with Crippen LogP contribution in [0, 0.1) is 6.92 Å². The number of hydrogen-bond donors (Lipinski definition) is 2. The average Bonchev–Trinajstić information content (AvgIpc) is 2.83. The minimum absolute atomic E-state index is 0.142. The molecule has 0 unspecified atom stereocenters. The molecule has 0 aliphatic rings. The van der Waals surface area contributed by atoms with E-state index in [1.54, 1.807) is 17.5 Å². The predicted molar refractivity (Wildman–Crippen MR) is 76.8 cm³/mol. The molecule has 0 bridgehead atoms. The van der Waals surface area contributed by atoms with E-state index in [9.17, 15) is 4.79 Å². The highest BCUT2D eigenvalue weighted by atomic mass is 32.1. The number of rotatable bonds is 5. The fourth-order valence-electron chi connectivity index (χ4n) is 1.74. The summed E-state index contributed by atoms with van der Waals surface area (Å²) in [4.78, 5) is 17.2. The van der Waals surface area contributed by atoms with Crippen molar-refractivity contribution in [3.05, 3.63) is 52.0 Å². The second-order valence-corrected chi connectivity index (χ2v) is 5.70. The van der Waals surface area contributed by atoms with Crippen LogP contribution in [0.2, 0.25) is 0 Å². The summed E-state index contributed by atoms with van der Waals surface area (Å²) in [6.45, 7) is 2.43. The van der Waals surface area contributed by atoms with Crippen molar-refractivity contribution in [1.29, 1.82) is 0 Å². The first-order valence-corrected chi connectivity index (χ1v) is 6.95. The Hall–Kier alpha value is -1.72. The summed E-state index contributed by atoms with van der Waals surface area (Å²) >= 11 is 1.58. The molecule has 0 spiro atoms. The third kappa shape index (κ3) is 4.15. The van der Waals surface area contributed by atoms with Gasteiger partial charge in [-0.15, -0.1) is 11.3 Å². The number of nitrogens with zero attached hydrogens (tertiary/aromatic N) is 1. The van der Waals surface area contributed by atoms with Gasteiger partial charge in [0.15, 0.2) is 0 Å². The maximum atomic E-state index is 11.9. The average molecular weight is 275 g/mol. The van der Waals surface area contributed by atoms with Gasteiger partial charge in [0.1, 0.15) is 5.01 Å². The van der Waals surface area contributed by atoms with E-state index in [1.807, 2.05) is 37.3 Å². The van der Waals surface area contributed by atoms with Crippen LogP contribution in [0.25, 0.3) is 0 Å². The second kappa shape index (κ2) is 6.45. The van der Waals surface area contributed by atoms with Crippen molar-refractivity contribution in [1.82, 2.24) is 10.3 Å². The lowest BCUT2D eigenvalue weighted by Crippen LogP contribution is -2.41. The quantitative estimate of drug-likeness (QED) is 0.871. The summed E-state index contributed by atoms with van der Waals surface area (Å²) in [6.07, 6.45) is 2.35. The van der Waals surface area contributed by atoms with Gasteiger partial charge in [0.05, 0.1) is 12.6 Å². The van der Waals surface area contributed by atoms with Gasteiger partial charge >= 0.3 is 0 Å². The molecule has 0 fully saturated rings. The molecule has 1 atom stereocenters. The van der Waals surface area contributed by atoms with Gasteiger partial charge in [0.25, 0.3) is 0 Å². The number of hydrogen-bond acceptors (Lipinski definition) is 4. The number of amides is 1. The topological polar surface area (TPSA) is 68.0 Å². The van der Waals surface area contributed by atoms with Gasteiger partial charge < -0.3 is 11.1 Å². The van der Waals surface area contributed by atoms with Gasteiger partial charge in [-0.05, 0) is 18.9 Å². The van der Waals surface area contributed by atoms with E-state index in [2.05, 4.69) is 10.3 Å². The minimum atomic E-state index is -0.525. The Morgan fingerprint density at radius 1 is 1.42 bits per heavy atom. The first-order valence-electron chi connectivity index (χ1n) is 6.13. The standard InChI is InChI=1S/C14H17N3OS/c1-10-8-16-13(19-10)9-17-14(18)12(15)7-11-5-3-2-4-6-11/h2-6,8,12H,7,9,15H2,1H3,(H,17,18)/t12-/m1/s1. The van der Waals surface area contributed by atoms with E-state index in [0.29, 0.717) is 13.0 Å². The molecule has 19 heavy (non-hydrogen) atoms. The van der Waals surface area contributed by atoms with E-state index < -0.39 is 6.04 Å². The van der Waals surface area contributed by atoms with Crippen molar-refractivity contribution >= 4 is 17.2 Å². The van der Waals surface area contributed by atoms with Crippen LogP contribution >= 0.6 is 11.3 Å². The highest BCUT2D eigenvalue weighted by Crippen LogP contribution is 2.10. The Morgan fingerprint density at radius 3 is 2.79 bits per heavy atom. The highest BCUT2D eigenvalue weighted by Gasteiger charge is 2.14. The van der Waals surface area contributed by atoms with Gasteiger partial charge in [-0.25, -0.2) is 4.98 Å². The Balaban J connectivity index is 1.82. The van der Waals surface area contributed by atoms with Gasteiger partial charge in [-0.2, -0.15) is 0 Å². The van der Waals surface area contributed by atoms with Crippen molar-refractivity contribution < 1.29 is 4.79 Å². The molecule has 0 saturated carbocycles. The van der Waals surface area contributed by atoms with E-state index in [-0.39, 0.29) is 5.91 Å². The van der Waals surface area contributed by atoms with Crippen LogP contribution in [0.3, 0.4) is 0 Å². The summed E-state index contributed by atoms with van der Waals surface area (Å²) < 4.78 is 0. The van der Waals surface area contributed by atoms with Crippen LogP contribution in [0.5, 0.6) is 0 Å². The number of nitrogens with two attached hydrogens (primary N) is 1. The minimum Gasteiger partial charge on any atom is -0.348 e. The number of aryl methyl sites for hydroxylation is 1. The molecular weight excluding hydrogens is 258 g/mol. The number of aromatic nitrogens is 1. The van der Waals surface area contributed by atoms with Crippen molar-refractivity contribution in [2.24, 2.45) is 5.73 Å². The highest BCUT2D eigenvalue weighted by molar-refractivity contribution is 7.11. The fourth-order valence-corrected chi connectivity index (χ4v) is 2.46. The molecule has 100 valence electrons. The maximum Gasteiger partial charge on any atom is 0.237 e. The molecule has 4 nitrogen and oxygen atoms in total. The van der Waals surface area contributed by atoms with Crippen LogP contribution in [0.15, 0.2) is 36.5 Å². The lowest BCUT2D eigenvalue weighted by atomic mass is 10.1. The van der Waals surface area contributed by atoms with Crippen molar-refractivity contribution in [2.45, 2.75) is 25.9 Å². The smallest absolute Gasteiger partial charge is 0.237 e. The van der Waals surface area contributed by atoms with Gasteiger partial charge in [0.2, 0.25) is 5.91 Å². The van der Waals surface area contributed by atoms with Gasteiger partial charge in [-0.3, -0.25) is 4.79 Å². The third-order valence-electron chi connectivity index (χ3n) is 2.72. The van der Waals surface area contributed by atoms with E-state index >= 15 is 0 Å². The summed E-state index contributed by atoms with van der Waals surface area (Å²) in [5.74, 6) is -0.142. The lowest BCUT2D eigenvalue weighted by Gasteiger charge is -2.11. The molecule has 0 saturated heterocycles. The molecule has 1 aromatic heterocycles. The first kappa shape index (κ1) is 13.7. The molecule has 0 radical (unpaired) electrons. The molecule has 2 aromatic rings. The van der Waals surface area contributed by atoms with Crippen molar-refractivity contribution in [3.63, 3.8) is 0 Å².